The van der Waals surface area contributed by atoms with Gasteiger partial charge in [0.2, 0.25) is 0 Å². The third-order valence-corrected chi connectivity index (χ3v) is 4.81. The molecule has 0 unspecified atom stereocenters. The molecular weight excluding hydrogens is 236 g/mol. The van der Waals surface area contributed by atoms with Crippen LogP contribution >= 0.6 is 11.3 Å². The zero-order chi connectivity index (χ0) is 11.5. The van der Waals surface area contributed by atoms with Gasteiger partial charge in [-0.3, -0.25) is 0 Å². The first-order chi connectivity index (χ1) is 7.01. The molecule has 0 aliphatic heterocycles. The smallest absolute Gasteiger partial charge is 0.254 e. The third kappa shape index (κ3) is 2.91. The van der Waals surface area contributed by atoms with E-state index in [1.165, 1.54) is 7.11 Å². The van der Waals surface area contributed by atoms with Gasteiger partial charge in [0.15, 0.2) is 4.21 Å². The summed E-state index contributed by atoms with van der Waals surface area (Å²) in [5, 5.41) is 1.67. The summed E-state index contributed by atoms with van der Waals surface area (Å²) in [6.45, 7) is 1.96. The lowest BCUT2D eigenvalue weighted by Gasteiger charge is -2.11. The van der Waals surface area contributed by atoms with Crippen LogP contribution in [0.25, 0.3) is 0 Å². The second-order valence-electron chi connectivity index (χ2n) is 3.03. The molecule has 15 heavy (non-hydrogen) atoms. The quantitative estimate of drug-likeness (QED) is 0.791. The SMILES string of the molecule is COc1ccsc1S(=O)(=O)N[C@@H](C)CN. The summed E-state index contributed by atoms with van der Waals surface area (Å²) < 4.78 is 31.2. The highest BCUT2D eigenvalue weighted by atomic mass is 32.2. The summed E-state index contributed by atoms with van der Waals surface area (Å²) in [4.78, 5) is 0. The zero-order valence-electron chi connectivity index (χ0n) is 8.56. The highest BCUT2D eigenvalue weighted by Crippen LogP contribution is 2.29. The van der Waals surface area contributed by atoms with Crippen LogP contribution in [0.5, 0.6) is 5.75 Å². The van der Waals surface area contributed by atoms with Crippen molar-refractivity contribution in [3.8, 4) is 5.75 Å². The molecule has 0 spiro atoms. The first-order valence-electron chi connectivity index (χ1n) is 4.35. The number of nitrogens with two attached hydrogens (primary N) is 1. The van der Waals surface area contributed by atoms with E-state index < -0.39 is 10.0 Å². The number of nitrogens with one attached hydrogen (secondary N) is 1. The van der Waals surface area contributed by atoms with Gasteiger partial charge in [0.05, 0.1) is 7.11 Å². The van der Waals surface area contributed by atoms with E-state index in [1.807, 2.05) is 0 Å². The Kier molecular flexibility index (Phi) is 4.09. The van der Waals surface area contributed by atoms with Crippen molar-refractivity contribution in [3.05, 3.63) is 11.4 Å². The van der Waals surface area contributed by atoms with Gasteiger partial charge in [0, 0.05) is 12.6 Å². The molecule has 0 amide bonds. The predicted molar refractivity (Wildman–Crippen MR) is 59.7 cm³/mol. The Balaban J connectivity index is 2.96. The van der Waals surface area contributed by atoms with Crippen LogP contribution in [-0.2, 0) is 10.0 Å². The van der Waals surface area contributed by atoms with Crippen molar-refractivity contribution in [2.45, 2.75) is 17.2 Å². The van der Waals surface area contributed by atoms with Crippen LogP contribution in [0, 0.1) is 0 Å². The van der Waals surface area contributed by atoms with E-state index in [0.29, 0.717) is 5.75 Å². The fourth-order valence-corrected chi connectivity index (χ4v) is 3.55. The topological polar surface area (TPSA) is 81.4 Å². The number of sulfonamides is 1. The Morgan fingerprint density at radius 2 is 2.33 bits per heavy atom. The van der Waals surface area contributed by atoms with Crippen molar-refractivity contribution in [1.29, 1.82) is 0 Å². The molecule has 1 atom stereocenters. The molecule has 0 aromatic carbocycles. The second-order valence-corrected chi connectivity index (χ2v) is 5.86. The molecule has 0 bridgehead atoms. The number of thiophene rings is 1. The lowest BCUT2D eigenvalue weighted by atomic mass is 10.4. The molecule has 0 radical (unpaired) electrons. The van der Waals surface area contributed by atoms with Gasteiger partial charge in [-0.15, -0.1) is 11.3 Å². The molecule has 0 aliphatic carbocycles. The van der Waals surface area contributed by atoms with Crippen molar-refractivity contribution in [3.63, 3.8) is 0 Å². The first kappa shape index (κ1) is 12.4. The molecule has 7 heteroatoms. The van der Waals surface area contributed by atoms with Gasteiger partial charge in [-0.2, -0.15) is 0 Å². The Hall–Kier alpha value is -0.630. The number of ether oxygens (including phenoxy) is 1. The van der Waals surface area contributed by atoms with E-state index in [2.05, 4.69) is 4.72 Å². The highest BCUT2D eigenvalue weighted by molar-refractivity contribution is 7.91. The molecule has 0 saturated carbocycles. The van der Waals surface area contributed by atoms with Crippen LogP contribution in [0.2, 0.25) is 0 Å². The maximum atomic E-state index is 11.8. The minimum Gasteiger partial charge on any atom is -0.494 e. The summed E-state index contributed by atoms with van der Waals surface area (Å²) in [5.41, 5.74) is 5.35. The van der Waals surface area contributed by atoms with Gasteiger partial charge in [-0.25, -0.2) is 13.1 Å². The van der Waals surface area contributed by atoms with Crippen molar-refractivity contribution in [1.82, 2.24) is 4.72 Å². The second kappa shape index (κ2) is 4.93. The average molecular weight is 250 g/mol. The number of methoxy groups -OCH3 is 1. The highest BCUT2D eigenvalue weighted by Gasteiger charge is 2.22. The van der Waals surface area contributed by atoms with Crippen molar-refractivity contribution in [2.24, 2.45) is 5.73 Å². The van der Waals surface area contributed by atoms with E-state index in [1.54, 1.807) is 18.4 Å². The molecule has 3 N–H and O–H groups in total. The van der Waals surface area contributed by atoms with Gasteiger partial charge < -0.3 is 10.5 Å². The molecular formula is C8H14N2O3S2. The fraction of sp³-hybridized carbons (Fsp3) is 0.500. The predicted octanol–water partition coefficient (Wildman–Crippen LogP) is 0.382. The Morgan fingerprint density at radius 3 is 2.87 bits per heavy atom. The maximum absolute atomic E-state index is 11.8. The molecule has 1 aromatic heterocycles. The monoisotopic (exact) mass is 250 g/mol. The van der Waals surface area contributed by atoms with Crippen molar-refractivity contribution in [2.75, 3.05) is 13.7 Å². The molecule has 0 saturated heterocycles. The summed E-state index contributed by atoms with van der Waals surface area (Å²) in [6.07, 6.45) is 0. The molecule has 1 heterocycles. The molecule has 0 fully saturated rings. The number of hydrogen-bond donors (Lipinski definition) is 2. The van der Waals surface area contributed by atoms with Gasteiger partial charge in [-0.1, -0.05) is 0 Å². The minimum atomic E-state index is -3.51. The van der Waals surface area contributed by atoms with Crippen LogP contribution in [-0.4, -0.2) is 28.1 Å². The number of hydrogen-bond acceptors (Lipinski definition) is 5. The van der Waals surface area contributed by atoms with Crippen molar-refractivity contribution >= 4 is 21.4 Å². The molecule has 86 valence electrons. The zero-order valence-corrected chi connectivity index (χ0v) is 10.2. The lowest BCUT2D eigenvalue weighted by molar-refractivity contribution is 0.406. The van der Waals surface area contributed by atoms with E-state index in [0.717, 1.165) is 11.3 Å². The van der Waals surface area contributed by atoms with Gasteiger partial charge in [0.1, 0.15) is 5.75 Å². The first-order valence-corrected chi connectivity index (χ1v) is 6.71. The molecule has 1 aromatic rings. The number of rotatable bonds is 5. The molecule has 1 rings (SSSR count). The van der Waals surface area contributed by atoms with Gasteiger partial charge in [0.25, 0.3) is 10.0 Å². The Bertz CT molecular complexity index is 413. The van der Waals surface area contributed by atoms with Crippen LogP contribution in [0.15, 0.2) is 15.7 Å². The van der Waals surface area contributed by atoms with Crippen LogP contribution < -0.4 is 15.2 Å². The third-order valence-electron chi connectivity index (χ3n) is 1.77. The van der Waals surface area contributed by atoms with Gasteiger partial charge in [-0.05, 0) is 18.4 Å². The van der Waals surface area contributed by atoms with E-state index >= 15 is 0 Å². The summed E-state index contributed by atoms with van der Waals surface area (Å²) in [6, 6.07) is 1.33. The van der Waals surface area contributed by atoms with Crippen LogP contribution in [0.4, 0.5) is 0 Å². The Morgan fingerprint density at radius 1 is 1.67 bits per heavy atom. The van der Waals surface area contributed by atoms with Gasteiger partial charge >= 0.3 is 0 Å². The maximum Gasteiger partial charge on any atom is 0.254 e. The Labute approximate surface area is 93.3 Å². The molecule has 0 aliphatic rings. The van der Waals surface area contributed by atoms with Crippen molar-refractivity contribution < 1.29 is 13.2 Å². The molecule has 5 nitrogen and oxygen atoms in total. The van der Waals surface area contributed by atoms with E-state index in [9.17, 15) is 8.42 Å². The fourth-order valence-electron chi connectivity index (χ4n) is 0.997. The lowest BCUT2D eigenvalue weighted by Crippen LogP contribution is -2.37. The summed E-state index contributed by atoms with van der Waals surface area (Å²) >= 11 is 1.12. The normalized spacial score (nSPS) is 13.8. The van der Waals surface area contributed by atoms with Crippen LogP contribution in [0.3, 0.4) is 0 Å². The van der Waals surface area contributed by atoms with E-state index in [4.69, 9.17) is 10.5 Å². The average Bonchev–Trinajstić information content (AvgIpc) is 2.65. The summed E-state index contributed by atoms with van der Waals surface area (Å²) in [5.74, 6) is 0.358. The minimum absolute atomic E-state index is 0.185. The summed E-state index contributed by atoms with van der Waals surface area (Å²) in [7, 11) is -2.07. The van der Waals surface area contributed by atoms with E-state index in [-0.39, 0.29) is 16.8 Å². The van der Waals surface area contributed by atoms with Crippen LogP contribution in [0.1, 0.15) is 6.92 Å². The largest absolute Gasteiger partial charge is 0.494 e. The standard InChI is InChI=1S/C8H14N2O3S2/c1-6(5-9)10-15(11,12)8-7(13-2)3-4-14-8/h3-4,6,10H,5,9H2,1-2H3/t6-/m0/s1.